The summed E-state index contributed by atoms with van der Waals surface area (Å²) in [5.74, 6) is 0.259. The molecule has 10 heavy (non-hydrogen) atoms. The lowest BCUT2D eigenvalue weighted by molar-refractivity contribution is -0.127. The van der Waals surface area contributed by atoms with Crippen LogP contribution in [-0.2, 0) is 4.79 Å². The van der Waals surface area contributed by atoms with E-state index in [-0.39, 0.29) is 17.2 Å². The standard InChI is InChI=1S/C8H17NO/c1-6(9-5)7(10)8(2,3)4/h6,9H,1-5H3/t6-/m1/s1. The summed E-state index contributed by atoms with van der Waals surface area (Å²) in [7, 11) is 1.80. The van der Waals surface area contributed by atoms with Gasteiger partial charge in [-0.15, -0.1) is 0 Å². The normalized spacial score (nSPS) is 14.9. The van der Waals surface area contributed by atoms with Crippen LogP contribution in [0.2, 0.25) is 0 Å². The number of likely N-dealkylation sites (N-methyl/N-ethyl adjacent to an activating group) is 1. The maximum atomic E-state index is 11.3. The van der Waals surface area contributed by atoms with Crippen LogP contribution in [0.25, 0.3) is 0 Å². The van der Waals surface area contributed by atoms with E-state index in [0.717, 1.165) is 0 Å². The van der Waals surface area contributed by atoms with Crippen LogP contribution in [0, 0.1) is 5.41 Å². The molecule has 0 bridgehead atoms. The summed E-state index contributed by atoms with van der Waals surface area (Å²) in [4.78, 5) is 11.3. The van der Waals surface area contributed by atoms with Crippen LogP contribution < -0.4 is 5.32 Å². The van der Waals surface area contributed by atoms with Crippen molar-refractivity contribution in [3.63, 3.8) is 0 Å². The summed E-state index contributed by atoms with van der Waals surface area (Å²) in [5, 5.41) is 2.92. The van der Waals surface area contributed by atoms with Gasteiger partial charge in [0.15, 0.2) is 5.78 Å². The first kappa shape index (κ1) is 9.63. The SMILES string of the molecule is CN[C@H](C)C(=O)C(C)(C)C. The Balaban J connectivity index is 4.09. The molecule has 60 valence electrons. The fourth-order valence-electron chi connectivity index (χ4n) is 0.781. The van der Waals surface area contributed by atoms with Gasteiger partial charge in [-0.25, -0.2) is 0 Å². The van der Waals surface area contributed by atoms with E-state index in [2.05, 4.69) is 5.32 Å². The van der Waals surface area contributed by atoms with E-state index in [1.165, 1.54) is 0 Å². The molecule has 0 aliphatic carbocycles. The molecule has 1 atom stereocenters. The Kier molecular flexibility index (Phi) is 3.03. The van der Waals surface area contributed by atoms with Gasteiger partial charge < -0.3 is 5.32 Å². The zero-order valence-electron chi connectivity index (χ0n) is 7.49. The zero-order valence-corrected chi connectivity index (χ0v) is 7.49. The molecule has 2 heteroatoms. The highest BCUT2D eigenvalue weighted by Gasteiger charge is 2.25. The second-order valence-corrected chi connectivity index (χ2v) is 3.62. The van der Waals surface area contributed by atoms with Gasteiger partial charge in [-0.1, -0.05) is 20.8 Å². The number of rotatable bonds is 2. The van der Waals surface area contributed by atoms with Crippen LogP contribution in [0.15, 0.2) is 0 Å². The first-order valence-electron chi connectivity index (χ1n) is 3.61. The van der Waals surface area contributed by atoms with E-state index in [9.17, 15) is 4.79 Å². The Hall–Kier alpha value is -0.370. The lowest BCUT2D eigenvalue weighted by atomic mass is 9.87. The van der Waals surface area contributed by atoms with Gasteiger partial charge in [0.2, 0.25) is 0 Å². The molecule has 0 aliphatic rings. The van der Waals surface area contributed by atoms with Gasteiger partial charge in [-0.3, -0.25) is 4.79 Å². The molecule has 0 rings (SSSR count). The predicted octanol–water partition coefficient (Wildman–Crippen LogP) is 1.21. The van der Waals surface area contributed by atoms with E-state index in [4.69, 9.17) is 0 Å². The van der Waals surface area contributed by atoms with Gasteiger partial charge in [0.05, 0.1) is 6.04 Å². The number of nitrogens with one attached hydrogen (secondary N) is 1. The zero-order chi connectivity index (χ0) is 8.36. The minimum Gasteiger partial charge on any atom is -0.311 e. The van der Waals surface area contributed by atoms with Crippen LogP contribution in [0.1, 0.15) is 27.7 Å². The van der Waals surface area contributed by atoms with Crippen LogP contribution in [0.5, 0.6) is 0 Å². The summed E-state index contributed by atoms with van der Waals surface area (Å²) in [6, 6.07) is -0.0278. The number of carbonyl (C=O) groups excluding carboxylic acids is 1. The Morgan fingerprint density at radius 2 is 1.80 bits per heavy atom. The summed E-state index contributed by atoms with van der Waals surface area (Å²) in [6.07, 6.45) is 0. The largest absolute Gasteiger partial charge is 0.311 e. The summed E-state index contributed by atoms with van der Waals surface area (Å²) in [5.41, 5.74) is -0.220. The fraction of sp³-hybridized carbons (Fsp3) is 0.875. The van der Waals surface area contributed by atoms with Crippen molar-refractivity contribution in [3.8, 4) is 0 Å². The van der Waals surface area contributed by atoms with Crippen molar-refractivity contribution in [2.75, 3.05) is 7.05 Å². The third-order valence-electron chi connectivity index (χ3n) is 1.57. The van der Waals surface area contributed by atoms with Crippen molar-refractivity contribution >= 4 is 5.78 Å². The molecule has 0 aliphatic heterocycles. The van der Waals surface area contributed by atoms with Crippen molar-refractivity contribution in [2.24, 2.45) is 5.41 Å². The van der Waals surface area contributed by atoms with Gasteiger partial charge in [-0.05, 0) is 14.0 Å². The lowest BCUT2D eigenvalue weighted by Crippen LogP contribution is -2.38. The molecule has 0 spiro atoms. The Bertz CT molecular complexity index is 124. The molecule has 0 saturated heterocycles. The summed E-state index contributed by atoms with van der Waals surface area (Å²) in [6.45, 7) is 7.68. The molecule has 1 N–H and O–H groups in total. The maximum Gasteiger partial charge on any atom is 0.154 e. The molecular weight excluding hydrogens is 126 g/mol. The molecule has 0 amide bonds. The van der Waals surface area contributed by atoms with Crippen molar-refractivity contribution in [3.05, 3.63) is 0 Å². The molecule has 0 aromatic carbocycles. The molecule has 0 fully saturated rings. The fourth-order valence-corrected chi connectivity index (χ4v) is 0.781. The molecule has 0 aromatic rings. The molecule has 2 nitrogen and oxygen atoms in total. The number of carbonyl (C=O) groups is 1. The summed E-state index contributed by atoms with van der Waals surface area (Å²) >= 11 is 0. The first-order chi connectivity index (χ1) is 4.39. The quantitative estimate of drug-likeness (QED) is 0.629. The predicted molar refractivity (Wildman–Crippen MR) is 43.0 cm³/mol. The minimum absolute atomic E-state index is 0.0278. The highest BCUT2D eigenvalue weighted by atomic mass is 16.1. The van der Waals surface area contributed by atoms with Crippen molar-refractivity contribution < 1.29 is 4.79 Å². The molecule has 0 saturated carbocycles. The Morgan fingerprint density at radius 1 is 1.40 bits per heavy atom. The first-order valence-corrected chi connectivity index (χ1v) is 3.61. The molecular formula is C8H17NO. The lowest BCUT2D eigenvalue weighted by Gasteiger charge is -2.20. The third-order valence-corrected chi connectivity index (χ3v) is 1.57. The molecule has 0 unspecified atom stereocenters. The topological polar surface area (TPSA) is 29.1 Å². The highest BCUT2D eigenvalue weighted by Crippen LogP contribution is 2.16. The van der Waals surface area contributed by atoms with E-state index in [1.54, 1.807) is 7.05 Å². The van der Waals surface area contributed by atoms with E-state index >= 15 is 0 Å². The average molecular weight is 143 g/mol. The third kappa shape index (κ3) is 2.48. The van der Waals surface area contributed by atoms with E-state index in [1.807, 2.05) is 27.7 Å². The molecule has 0 radical (unpaired) electrons. The Morgan fingerprint density at radius 3 is 1.90 bits per heavy atom. The average Bonchev–Trinajstić information content (AvgIpc) is 1.83. The second-order valence-electron chi connectivity index (χ2n) is 3.62. The maximum absolute atomic E-state index is 11.3. The Labute approximate surface area is 63.0 Å². The van der Waals surface area contributed by atoms with Crippen molar-refractivity contribution in [2.45, 2.75) is 33.7 Å². The van der Waals surface area contributed by atoms with Crippen LogP contribution >= 0.6 is 0 Å². The number of ketones is 1. The van der Waals surface area contributed by atoms with E-state index in [0.29, 0.717) is 0 Å². The van der Waals surface area contributed by atoms with Gasteiger partial charge in [0, 0.05) is 5.41 Å². The number of hydrogen-bond acceptors (Lipinski definition) is 2. The van der Waals surface area contributed by atoms with Gasteiger partial charge >= 0.3 is 0 Å². The number of Topliss-reactive ketones (excluding diaryl/α,β-unsaturated/α-hetero) is 1. The molecule has 0 aromatic heterocycles. The highest BCUT2D eigenvalue weighted by molar-refractivity contribution is 5.88. The van der Waals surface area contributed by atoms with Crippen molar-refractivity contribution in [1.82, 2.24) is 5.32 Å². The van der Waals surface area contributed by atoms with Crippen molar-refractivity contribution in [1.29, 1.82) is 0 Å². The minimum atomic E-state index is -0.220. The van der Waals surface area contributed by atoms with Crippen LogP contribution in [0.4, 0.5) is 0 Å². The van der Waals surface area contributed by atoms with Crippen LogP contribution in [-0.4, -0.2) is 18.9 Å². The van der Waals surface area contributed by atoms with E-state index < -0.39 is 0 Å². The summed E-state index contributed by atoms with van der Waals surface area (Å²) < 4.78 is 0. The van der Waals surface area contributed by atoms with Gasteiger partial charge in [-0.2, -0.15) is 0 Å². The second kappa shape index (κ2) is 3.15. The number of hydrogen-bond donors (Lipinski definition) is 1. The smallest absolute Gasteiger partial charge is 0.154 e. The van der Waals surface area contributed by atoms with Crippen LogP contribution in [0.3, 0.4) is 0 Å². The van der Waals surface area contributed by atoms with Gasteiger partial charge in [0.25, 0.3) is 0 Å². The van der Waals surface area contributed by atoms with Gasteiger partial charge in [0.1, 0.15) is 0 Å². The monoisotopic (exact) mass is 143 g/mol. The molecule has 0 heterocycles.